The van der Waals surface area contributed by atoms with E-state index < -0.39 is 0 Å². The van der Waals surface area contributed by atoms with Gasteiger partial charge >= 0.3 is 0 Å². The highest BCUT2D eigenvalue weighted by Crippen LogP contribution is 2.22. The first-order valence-corrected chi connectivity index (χ1v) is 8.07. The summed E-state index contributed by atoms with van der Waals surface area (Å²) in [4.78, 5) is 23.7. The van der Waals surface area contributed by atoms with E-state index >= 15 is 0 Å². The molecule has 6 nitrogen and oxygen atoms in total. The van der Waals surface area contributed by atoms with Gasteiger partial charge in [0.05, 0.1) is 13.2 Å². The van der Waals surface area contributed by atoms with Gasteiger partial charge in [-0.05, 0) is 24.6 Å². The lowest BCUT2D eigenvalue weighted by Crippen LogP contribution is -2.44. The predicted octanol–water partition coefficient (Wildman–Crippen LogP) is 1.47. The third kappa shape index (κ3) is 5.82. The first-order chi connectivity index (χ1) is 11.1. The number of amides is 2. The third-order valence-electron chi connectivity index (χ3n) is 3.65. The maximum atomic E-state index is 11.9. The minimum absolute atomic E-state index is 0.0479. The van der Waals surface area contributed by atoms with Gasteiger partial charge in [-0.15, -0.1) is 0 Å². The summed E-state index contributed by atoms with van der Waals surface area (Å²) in [6.07, 6.45) is 0.571. The summed E-state index contributed by atoms with van der Waals surface area (Å²) in [7, 11) is 0. The van der Waals surface area contributed by atoms with Gasteiger partial charge in [-0.3, -0.25) is 9.59 Å². The van der Waals surface area contributed by atoms with Crippen molar-refractivity contribution in [3.8, 4) is 0 Å². The van der Waals surface area contributed by atoms with Gasteiger partial charge in [0, 0.05) is 42.7 Å². The topological polar surface area (TPSA) is 79.5 Å². The molecule has 2 rings (SSSR count). The van der Waals surface area contributed by atoms with Gasteiger partial charge in [0.1, 0.15) is 0 Å². The van der Waals surface area contributed by atoms with Crippen molar-refractivity contribution in [2.24, 2.45) is 0 Å². The number of hydrogen-bond donors (Lipinski definition) is 3. The molecule has 0 saturated carbocycles. The van der Waals surface area contributed by atoms with Crippen LogP contribution in [-0.4, -0.2) is 44.2 Å². The average Bonchev–Trinajstić information content (AvgIpc) is 2.53. The second-order valence-corrected chi connectivity index (χ2v) is 5.90. The quantitative estimate of drug-likeness (QED) is 0.733. The Balaban J connectivity index is 1.68. The summed E-state index contributed by atoms with van der Waals surface area (Å²) in [6.45, 7) is 4.14. The number of halogens is 1. The maximum Gasteiger partial charge on any atom is 0.226 e. The van der Waals surface area contributed by atoms with Crippen LogP contribution in [0.25, 0.3) is 0 Å². The molecule has 1 aromatic rings. The van der Waals surface area contributed by atoms with Crippen LogP contribution in [-0.2, 0) is 14.3 Å². The zero-order chi connectivity index (χ0) is 16.7. The van der Waals surface area contributed by atoms with Crippen molar-refractivity contribution in [1.82, 2.24) is 10.6 Å². The number of rotatable bonds is 6. The summed E-state index contributed by atoms with van der Waals surface area (Å²) in [6, 6.07) is 5.40. The van der Waals surface area contributed by atoms with Gasteiger partial charge in [0.15, 0.2) is 0 Å². The Hall–Kier alpha value is -1.63. The van der Waals surface area contributed by atoms with Crippen molar-refractivity contribution in [2.45, 2.75) is 25.8 Å². The molecule has 0 spiro atoms. The van der Waals surface area contributed by atoms with Crippen molar-refractivity contribution in [3.63, 3.8) is 0 Å². The Morgan fingerprint density at radius 3 is 2.96 bits per heavy atom. The van der Waals surface area contributed by atoms with Gasteiger partial charge in [-0.2, -0.15) is 0 Å². The lowest BCUT2D eigenvalue weighted by atomic mass is 10.2. The van der Waals surface area contributed by atoms with Crippen LogP contribution in [0.1, 0.15) is 18.4 Å². The van der Waals surface area contributed by atoms with E-state index in [1.54, 1.807) is 18.2 Å². The summed E-state index contributed by atoms with van der Waals surface area (Å²) >= 11 is 6.01. The summed E-state index contributed by atoms with van der Waals surface area (Å²) in [5, 5.41) is 9.38. The van der Waals surface area contributed by atoms with Crippen molar-refractivity contribution >= 4 is 29.1 Å². The molecule has 0 radical (unpaired) electrons. The molecule has 1 atom stereocenters. The van der Waals surface area contributed by atoms with Crippen LogP contribution in [0.2, 0.25) is 5.02 Å². The zero-order valence-corrected chi connectivity index (χ0v) is 13.9. The van der Waals surface area contributed by atoms with Crippen LogP contribution >= 0.6 is 11.6 Å². The van der Waals surface area contributed by atoms with Crippen LogP contribution in [0.4, 0.5) is 5.69 Å². The summed E-state index contributed by atoms with van der Waals surface area (Å²) < 4.78 is 5.30. The van der Waals surface area contributed by atoms with Crippen LogP contribution in [0, 0.1) is 6.92 Å². The molecule has 7 heteroatoms. The standard InChI is InChI=1S/C16H22ClN3O3/c1-11-13(17)3-2-4-14(11)20-15(21)5-6-19-16(22)9-12-10-23-8-7-18-12/h2-4,12,18H,5-10H2,1H3,(H,19,22)(H,20,21). The molecule has 0 aliphatic carbocycles. The Morgan fingerprint density at radius 1 is 1.39 bits per heavy atom. The summed E-state index contributed by atoms with van der Waals surface area (Å²) in [5.41, 5.74) is 1.52. The van der Waals surface area contributed by atoms with E-state index in [-0.39, 0.29) is 24.3 Å². The Kier molecular flexibility index (Phi) is 6.83. The number of ether oxygens (including phenoxy) is 1. The highest BCUT2D eigenvalue weighted by atomic mass is 35.5. The van der Waals surface area contributed by atoms with E-state index in [0.29, 0.717) is 36.9 Å². The molecular weight excluding hydrogens is 318 g/mol. The predicted molar refractivity (Wildman–Crippen MR) is 89.7 cm³/mol. The number of anilines is 1. The first kappa shape index (κ1) is 17.7. The normalized spacial score (nSPS) is 17.6. The highest BCUT2D eigenvalue weighted by molar-refractivity contribution is 6.31. The second kappa shape index (κ2) is 8.86. The van der Waals surface area contributed by atoms with Gasteiger partial charge in [0.25, 0.3) is 0 Å². The number of carbonyl (C=O) groups is 2. The monoisotopic (exact) mass is 339 g/mol. The fourth-order valence-corrected chi connectivity index (χ4v) is 2.49. The molecule has 1 aromatic carbocycles. The lowest BCUT2D eigenvalue weighted by Gasteiger charge is -2.23. The molecule has 0 bridgehead atoms. The molecule has 1 heterocycles. The molecular formula is C16H22ClN3O3. The Morgan fingerprint density at radius 2 is 2.22 bits per heavy atom. The Bertz CT molecular complexity index is 560. The molecule has 23 heavy (non-hydrogen) atoms. The summed E-state index contributed by atoms with van der Waals surface area (Å²) in [5.74, 6) is -0.241. The number of benzene rings is 1. The maximum absolute atomic E-state index is 11.9. The van der Waals surface area contributed by atoms with Crippen LogP contribution in [0.5, 0.6) is 0 Å². The van der Waals surface area contributed by atoms with Crippen molar-refractivity contribution in [2.75, 3.05) is 31.6 Å². The number of carbonyl (C=O) groups excluding carboxylic acids is 2. The molecule has 126 valence electrons. The van der Waals surface area contributed by atoms with Crippen LogP contribution < -0.4 is 16.0 Å². The largest absolute Gasteiger partial charge is 0.378 e. The van der Waals surface area contributed by atoms with Gasteiger partial charge in [-0.25, -0.2) is 0 Å². The minimum Gasteiger partial charge on any atom is -0.378 e. The number of nitrogens with one attached hydrogen (secondary N) is 3. The smallest absolute Gasteiger partial charge is 0.226 e. The third-order valence-corrected chi connectivity index (χ3v) is 4.06. The SMILES string of the molecule is Cc1c(Cl)cccc1NC(=O)CCNC(=O)CC1COCCN1. The van der Waals surface area contributed by atoms with Gasteiger partial charge in [-0.1, -0.05) is 17.7 Å². The van der Waals surface area contributed by atoms with Gasteiger partial charge < -0.3 is 20.7 Å². The number of hydrogen-bond acceptors (Lipinski definition) is 4. The molecule has 3 N–H and O–H groups in total. The molecule has 1 saturated heterocycles. The fraction of sp³-hybridized carbons (Fsp3) is 0.500. The minimum atomic E-state index is -0.158. The Labute approximate surface area is 140 Å². The molecule has 0 aromatic heterocycles. The van der Waals surface area contributed by atoms with E-state index in [1.807, 2.05) is 6.92 Å². The molecule has 1 aliphatic heterocycles. The van der Waals surface area contributed by atoms with E-state index in [4.69, 9.17) is 16.3 Å². The molecule has 2 amide bonds. The average molecular weight is 340 g/mol. The van der Waals surface area contributed by atoms with Crippen molar-refractivity contribution < 1.29 is 14.3 Å². The van der Waals surface area contributed by atoms with Crippen LogP contribution in [0.15, 0.2) is 18.2 Å². The van der Waals surface area contributed by atoms with Crippen molar-refractivity contribution in [3.05, 3.63) is 28.8 Å². The fourth-order valence-electron chi connectivity index (χ4n) is 2.32. The van der Waals surface area contributed by atoms with Crippen molar-refractivity contribution in [1.29, 1.82) is 0 Å². The van der Waals surface area contributed by atoms with E-state index in [0.717, 1.165) is 12.1 Å². The second-order valence-electron chi connectivity index (χ2n) is 5.49. The molecule has 1 aliphatic rings. The lowest BCUT2D eigenvalue weighted by molar-refractivity contribution is -0.122. The zero-order valence-electron chi connectivity index (χ0n) is 13.2. The molecule has 1 unspecified atom stereocenters. The highest BCUT2D eigenvalue weighted by Gasteiger charge is 2.16. The van der Waals surface area contributed by atoms with Gasteiger partial charge in [0.2, 0.25) is 11.8 Å². The molecule has 1 fully saturated rings. The first-order valence-electron chi connectivity index (χ1n) is 7.69. The number of morpholine rings is 1. The van der Waals surface area contributed by atoms with E-state index in [1.165, 1.54) is 0 Å². The van der Waals surface area contributed by atoms with E-state index in [2.05, 4.69) is 16.0 Å². The van der Waals surface area contributed by atoms with Crippen LogP contribution in [0.3, 0.4) is 0 Å². The van der Waals surface area contributed by atoms with E-state index in [9.17, 15) is 9.59 Å².